The number of carbonyl (C=O) groups is 1. The van der Waals surface area contributed by atoms with Crippen LogP contribution in [0.15, 0.2) is 90.1 Å². The first-order chi connectivity index (χ1) is 15.7. The Morgan fingerprint density at radius 2 is 1.44 bits per heavy atom. The van der Waals surface area contributed by atoms with E-state index in [4.69, 9.17) is 9.57 Å². The summed E-state index contributed by atoms with van der Waals surface area (Å²) in [7, 11) is 1.32. The molecule has 5 heteroatoms. The third kappa shape index (κ3) is 7.36. The molecule has 0 fully saturated rings. The maximum absolute atomic E-state index is 11.5. The lowest BCUT2D eigenvalue weighted by molar-refractivity contribution is -0.133. The highest BCUT2D eigenvalue weighted by Crippen LogP contribution is 2.21. The first-order valence-corrected chi connectivity index (χ1v) is 10.7. The number of methoxy groups -OCH3 is 1. The van der Waals surface area contributed by atoms with Gasteiger partial charge < -0.3 is 14.3 Å². The first kappa shape index (κ1) is 23.2. The molecule has 0 bridgehead atoms. The molecule has 0 N–H and O–H groups in total. The fraction of sp³-hybridized carbons (Fsp3) is 0.259. The molecule has 3 rings (SSSR count). The van der Waals surface area contributed by atoms with Gasteiger partial charge in [0.1, 0.15) is 6.61 Å². The first-order valence-electron chi connectivity index (χ1n) is 10.7. The Morgan fingerprint density at radius 3 is 2.09 bits per heavy atom. The molecule has 0 saturated carbocycles. The highest BCUT2D eigenvalue weighted by molar-refractivity contribution is 6.35. The zero-order valence-electron chi connectivity index (χ0n) is 18.6. The molecule has 32 heavy (non-hydrogen) atoms. The third-order valence-electron chi connectivity index (χ3n) is 5.04. The normalized spacial score (nSPS) is 12.2. The zero-order chi connectivity index (χ0) is 22.6. The third-order valence-corrected chi connectivity index (χ3v) is 5.04. The Morgan fingerprint density at radius 1 is 0.812 bits per heavy atom. The van der Waals surface area contributed by atoms with Crippen LogP contribution in [0.25, 0.3) is 11.1 Å². The van der Waals surface area contributed by atoms with Gasteiger partial charge in [-0.1, -0.05) is 90.1 Å². The van der Waals surface area contributed by atoms with Gasteiger partial charge in [0.05, 0.1) is 20.3 Å². The van der Waals surface area contributed by atoms with Gasteiger partial charge in [-0.15, -0.1) is 0 Å². The van der Waals surface area contributed by atoms with Crippen LogP contribution in [0, 0.1) is 5.92 Å². The summed E-state index contributed by atoms with van der Waals surface area (Å²) in [6.45, 7) is 2.95. The van der Waals surface area contributed by atoms with Crippen LogP contribution >= 0.6 is 0 Å². The Bertz CT molecular complexity index is 985. The monoisotopic (exact) mass is 431 g/mol. The van der Waals surface area contributed by atoms with Crippen molar-refractivity contribution >= 4 is 11.7 Å². The number of benzene rings is 3. The number of esters is 1. The van der Waals surface area contributed by atoms with Crippen LogP contribution in [0.4, 0.5) is 0 Å². The molecule has 3 aromatic carbocycles. The SMILES string of the molecule is COC(=O)/C(C)=N/OCC(COCc1ccccc1)Cc1ccc(-c2ccccc2)cc1. The van der Waals surface area contributed by atoms with Gasteiger partial charge in [0.15, 0.2) is 5.71 Å². The summed E-state index contributed by atoms with van der Waals surface area (Å²) in [4.78, 5) is 17.0. The highest BCUT2D eigenvalue weighted by Gasteiger charge is 2.13. The molecule has 0 aliphatic carbocycles. The summed E-state index contributed by atoms with van der Waals surface area (Å²) in [6.07, 6.45) is 0.774. The summed E-state index contributed by atoms with van der Waals surface area (Å²) in [6, 6.07) is 28.9. The molecular formula is C27H29NO4. The van der Waals surface area contributed by atoms with E-state index < -0.39 is 5.97 Å². The van der Waals surface area contributed by atoms with Crippen molar-refractivity contribution < 1.29 is 19.1 Å². The van der Waals surface area contributed by atoms with Crippen molar-refractivity contribution in [1.29, 1.82) is 0 Å². The molecule has 0 aromatic heterocycles. The number of hydrogen-bond donors (Lipinski definition) is 0. The van der Waals surface area contributed by atoms with Crippen LogP contribution in [0.2, 0.25) is 0 Å². The lowest BCUT2D eigenvalue weighted by atomic mass is 9.98. The predicted octanol–water partition coefficient (Wildman–Crippen LogP) is 5.29. The van der Waals surface area contributed by atoms with Gasteiger partial charge in [-0.2, -0.15) is 0 Å². The van der Waals surface area contributed by atoms with Crippen LogP contribution in [-0.4, -0.2) is 32.0 Å². The molecule has 1 unspecified atom stereocenters. The molecule has 5 nitrogen and oxygen atoms in total. The van der Waals surface area contributed by atoms with Gasteiger partial charge in [0.2, 0.25) is 0 Å². The minimum atomic E-state index is -0.502. The topological polar surface area (TPSA) is 57.1 Å². The average molecular weight is 432 g/mol. The Kier molecular flexibility index (Phi) is 9.02. The van der Waals surface area contributed by atoms with Crippen molar-refractivity contribution in [2.45, 2.75) is 20.0 Å². The largest absolute Gasteiger partial charge is 0.464 e. The van der Waals surface area contributed by atoms with Gasteiger partial charge in [0.25, 0.3) is 0 Å². The smallest absolute Gasteiger partial charge is 0.355 e. The van der Waals surface area contributed by atoms with Crippen molar-refractivity contribution in [3.63, 3.8) is 0 Å². The minimum Gasteiger partial charge on any atom is -0.464 e. The molecule has 166 valence electrons. The summed E-state index contributed by atoms with van der Waals surface area (Å²) >= 11 is 0. The van der Waals surface area contributed by atoms with Crippen LogP contribution in [0.1, 0.15) is 18.1 Å². The number of ether oxygens (including phenoxy) is 2. The van der Waals surface area contributed by atoms with Crippen LogP contribution in [-0.2, 0) is 32.1 Å². The van der Waals surface area contributed by atoms with Crippen molar-refractivity contribution in [2.75, 3.05) is 20.3 Å². The van der Waals surface area contributed by atoms with Crippen molar-refractivity contribution in [3.8, 4) is 11.1 Å². The summed E-state index contributed by atoms with van der Waals surface area (Å²) in [5.41, 5.74) is 4.87. The molecule has 0 radical (unpaired) electrons. The quantitative estimate of drug-likeness (QED) is 0.235. The van der Waals surface area contributed by atoms with Gasteiger partial charge in [-0.25, -0.2) is 4.79 Å². The number of nitrogens with zero attached hydrogens (tertiary/aromatic N) is 1. The molecule has 0 aliphatic heterocycles. The molecule has 0 amide bonds. The van der Waals surface area contributed by atoms with Crippen LogP contribution in [0.3, 0.4) is 0 Å². The van der Waals surface area contributed by atoms with E-state index in [9.17, 15) is 4.79 Å². The highest BCUT2D eigenvalue weighted by atomic mass is 16.6. The number of hydrogen-bond acceptors (Lipinski definition) is 5. The fourth-order valence-electron chi connectivity index (χ4n) is 3.31. The maximum atomic E-state index is 11.5. The van der Waals surface area contributed by atoms with E-state index in [0.29, 0.717) is 19.8 Å². The zero-order valence-corrected chi connectivity index (χ0v) is 18.6. The van der Waals surface area contributed by atoms with Crippen molar-refractivity contribution in [2.24, 2.45) is 11.1 Å². The van der Waals surface area contributed by atoms with Gasteiger partial charge in [0, 0.05) is 5.92 Å². The summed E-state index contributed by atoms with van der Waals surface area (Å²) in [5, 5.41) is 3.88. The molecule has 1 atom stereocenters. The van der Waals surface area contributed by atoms with Crippen molar-refractivity contribution in [3.05, 3.63) is 96.1 Å². The molecule has 0 spiro atoms. The lowest BCUT2D eigenvalue weighted by Gasteiger charge is -2.17. The van der Waals surface area contributed by atoms with Gasteiger partial charge >= 0.3 is 5.97 Å². The second-order valence-corrected chi connectivity index (χ2v) is 7.60. The Labute approximate surface area is 189 Å². The maximum Gasteiger partial charge on any atom is 0.355 e. The van der Waals surface area contributed by atoms with Crippen molar-refractivity contribution in [1.82, 2.24) is 0 Å². The average Bonchev–Trinajstić information content (AvgIpc) is 2.85. The van der Waals surface area contributed by atoms with E-state index in [2.05, 4.69) is 46.3 Å². The molecular weight excluding hydrogens is 402 g/mol. The van der Waals surface area contributed by atoms with Gasteiger partial charge in [-0.05, 0) is 35.6 Å². The van der Waals surface area contributed by atoms with E-state index in [1.165, 1.54) is 23.8 Å². The summed E-state index contributed by atoms with van der Waals surface area (Å²) in [5.74, 6) is -0.422. The number of carbonyl (C=O) groups excluding carboxylic acids is 1. The lowest BCUT2D eigenvalue weighted by Crippen LogP contribution is -2.19. The Balaban J connectivity index is 1.61. The second-order valence-electron chi connectivity index (χ2n) is 7.60. The van der Waals surface area contributed by atoms with E-state index in [1.54, 1.807) is 6.92 Å². The molecule has 0 saturated heterocycles. The predicted molar refractivity (Wildman–Crippen MR) is 126 cm³/mol. The molecule has 0 aliphatic rings. The fourth-order valence-corrected chi connectivity index (χ4v) is 3.31. The minimum absolute atomic E-state index is 0.0792. The molecule has 3 aromatic rings. The second kappa shape index (κ2) is 12.4. The number of rotatable bonds is 11. The van der Waals surface area contributed by atoms with E-state index in [0.717, 1.165) is 12.0 Å². The van der Waals surface area contributed by atoms with Crippen LogP contribution < -0.4 is 0 Å². The Hall–Kier alpha value is -3.44. The molecule has 0 heterocycles. The van der Waals surface area contributed by atoms with E-state index in [1.807, 2.05) is 48.5 Å². The summed E-state index contributed by atoms with van der Waals surface area (Å²) < 4.78 is 10.6. The van der Waals surface area contributed by atoms with E-state index >= 15 is 0 Å². The van der Waals surface area contributed by atoms with Gasteiger partial charge in [-0.3, -0.25) is 0 Å². The number of oxime groups is 1. The standard InChI is InChI=1S/C27H29NO4/c1-21(27(29)30-2)28-32-20-24(19-31-18-23-9-5-3-6-10-23)17-22-13-15-26(16-14-22)25-11-7-4-8-12-25/h3-16,24H,17-20H2,1-2H3/b28-21+. The van der Waals surface area contributed by atoms with E-state index in [-0.39, 0.29) is 11.6 Å². The van der Waals surface area contributed by atoms with Crippen LogP contribution in [0.5, 0.6) is 0 Å².